The Labute approximate surface area is 500 Å². The standard InChI is InChI=1S/C74H141NO5/c1-3-5-7-9-11-13-15-16-17-37-41-44-48-52-56-60-64-68-74(79)80-69-65-61-57-53-49-45-42-39-36-34-32-30-28-26-24-22-20-18-19-21-23-25-27-29-31-33-35-38-40-43-47-51-55-59-63-67-73(78)75-71(70-76)72(77)66-62-58-54-50-46-14-12-10-8-6-4-2/h11,13,16-17,62,66,71-72,76-77H,3-10,12,14-15,18-61,63-65,67-70H2,1-2H3,(H,75,78)/b13-11-,17-16-,66-62+. The highest BCUT2D eigenvalue weighted by Crippen LogP contribution is 2.19. The topological polar surface area (TPSA) is 95.9 Å². The van der Waals surface area contributed by atoms with E-state index in [2.05, 4.69) is 43.5 Å². The van der Waals surface area contributed by atoms with Crippen molar-refractivity contribution in [2.24, 2.45) is 0 Å². The number of hydrogen-bond donors (Lipinski definition) is 3. The number of rotatable bonds is 68. The van der Waals surface area contributed by atoms with E-state index >= 15 is 0 Å². The molecule has 0 spiro atoms. The number of aliphatic hydroxyl groups excluding tert-OH is 2. The highest BCUT2D eigenvalue weighted by atomic mass is 16.5. The van der Waals surface area contributed by atoms with Crippen LogP contribution < -0.4 is 5.32 Å². The molecular weight excluding hydrogens is 983 g/mol. The molecule has 0 heterocycles. The van der Waals surface area contributed by atoms with Crippen molar-refractivity contribution in [1.82, 2.24) is 5.32 Å². The molecule has 0 aliphatic carbocycles. The number of unbranched alkanes of at least 4 members (excludes halogenated alkanes) is 53. The molecule has 0 rings (SSSR count). The second-order valence-corrected chi connectivity index (χ2v) is 24.9. The number of ether oxygens (including phenoxy) is 1. The van der Waals surface area contributed by atoms with E-state index in [1.807, 2.05) is 6.08 Å². The third-order valence-electron chi connectivity index (χ3n) is 16.9. The Kier molecular flexibility index (Phi) is 67.9. The van der Waals surface area contributed by atoms with Crippen LogP contribution in [0, 0.1) is 0 Å². The molecule has 0 aromatic carbocycles. The molecular formula is C74H141NO5. The smallest absolute Gasteiger partial charge is 0.305 e. The van der Waals surface area contributed by atoms with Gasteiger partial charge in [-0.25, -0.2) is 0 Å². The van der Waals surface area contributed by atoms with Gasteiger partial charge in [-0.1, -0.05) is 359 Å². The lowest BCUT2D eigenvalue weighted by molar-refractivity contribution is -0.143. The molecule has 0 saturated carbocycles. The SMILES string of the molecule is CCCCC/C=C\C/C=C\CCCCCCCCCC(=O)OCCCCCCCCCCCCCCCCCCCCCCCCCCCCCCCCCCCCCC(=O)NC(CO)C(O)/C=C/CCCCCCCCCCC. The van der Waals surface area contributed by atoms with Crippen LogP contribution in [-0.2, 0) is 14.3 Å². The predicted octanol–water partition coefficient (Wildman–Crippen LogP) is 23.5. The van der Waals surface area contributed by atoms with Crippen LogP contribution in [0.3, 0.4) is 0 Å². The normalized spacial score (nSPS) is 12.7. The first-order valence-electron chi connectivity index (χ1n) is 36.3. The number of esters is 1. The van der Waals surface area contributed by atoms with Crippen molar-refractivity contribution in [2.75, 3.05) is 13.2 Å². The molecule has 0 saturated heterocycles. The van der Waals surface area contributed by atoms with Gasteiger partial charge in [0.2, 0.25) is 5.91 Å². The van der Waals surface area contributed by atoms with Crippen LogP contribution in [-0.4, -0.2) is 47.4 Å². The maximum Gasteiger partial charge on any atom is 0.305 e. The van der Waals surface area contributed by atoms with Gasteiger partial charge >= 0.3 is 5.97 Å². The summed E-state index contributed by atoms with van der Waals surface area (Å²) in [5.74, 6) is -0.0476. The van der Waals surface area contributed by atoms with E-state index in [4.69, 9.17) is 4.74 Å². The molecule has 1 amide bonds. The molecule has 6 nitrogen and oxygen atoms in total. The highest BCUT2D eigenvalue weighted by Gasteiger charge is 2.18. The Morgan fingerprint density at radius 3 is 0.975 bits per heavy atom. The lowest BCUT2D eigenvalue weighted by Gasteiger charge is -2.20. The molecule has 0 bridgehead atoms. The fourth-order valence-electron chi connectivity index (χ4n) is 11.4. The van der Waals surface area contributed by atoms with E-state index in [0.717, 1.165) is 51.4 Å². The molecule has 2 unspecified atom stereocenters. The largest absolute Gasteiger partial charge is 0.466 e. The van der Waals surface area contributed by atoms with Crippen molar-refractivity contribution in [3.63, 3.8) is 0 Å². The molecule has 3 N–H and O–H groups in total. The lowest BCUT2D eigenvalue weighted by Crippen LogP contribution is -2.45. The van der Waals surface area contributed by atoms with Gasteiger partial charge in [0.25, 0.3) is 0 Å². The number of amides is 1. The van der Waals surface area contributed by atoms with E-state index in [1.165, 1.54) is 321 Å². The first kappa shape index (κ1) is 78.1. The van der Waals surface area contributed by atoms with Crippen molar-refractivity contribution in [1.29, 1.82) is 0 Å². The first-order chi connectivity index (χ1) is 39.5. The molecule has 6 heteroatoms. The summed E-state index contributed by atoms with van der Waals surface area (Å²) < 4.78 is 5.50. The van der Waals surface area contributed by atoms with Crippen molar-refractivity contribution in [2.45, 2.75) is 411 Å². The number of aliphatic hydroxyl groups is 2. The second kappa shape index (κ2) is 69.6. The molecule has 2 atom stereocenters. The number of carbonyl (C=O) groups excluding carboxylic acids is 2. The fourth-order valence-corrected chi connectivity index (χ4v) is 11.4. The zero-order valence-electron chi connectivity index (χ0n) is 54.1. The lowest BCUT2D eigenvalue weighted by atomic mass is 10.0. The van der Waals surface area contributed by atoms with Crippen molar-refractivity contribution in [3.05, 3.63) is 36.5 Å². The van der Waals surface area contributed by atoms with E-state index in [1.54, 1.807) is 6.08 Å². The first-order valence-corrected chi connectivity index (χ1v) is 36.3. The predicted molar refractivity (Wildman–Crippen MR) is 352 cm³/mol. The van der Waals surface area contributed by atoms with Gasteiger partial charge in [-0.3, -0.25) is 9.59 Å². The van der Waals surface area contributed by atoms with Crippen LogP contribution in [0.2, 0.25) is 0 Å². The monoisotopic (exact) mass is 1120 g/mol. The zero-order valence-corrected chi connectivity index (χ0v) is 54.1. The summed E-state index contributed by atoms with van der Waals surface area (Å²) in [7, 11) is 0. The Morgan fingerprint density at radius 1 is 0.350 bits per heavy atom. The fraction of sp³-hybridized carbons (Fsp3) is 0.892. The van der Waals surface area contributed by atoms with Gasteiger partial charge < -0.3 is 20.3 Å². The molecule has 0 aliphatic heterocycles. The minimum atomic E-state index is -0.839. The molecule has 0 aliphatic rings. The number of carbonyl (C=O) groups is 2. The van der Waals surface area contributed by atoms with E-state index in [-0.39, 0.29) is 18.5 Å². The summed E-state index contributed by atoms with van der Waals surface area (Å²) in [6.45, 7) is 4.89. The van der Waals surface area contributed by atoms with Crippen molar-refractivity contribution >= 4 is 11.9 Å². The molecule has 0 aromatic rings. The summed E-state index contributed by atoms with van der Waals surface area (Å²) >= 11 is 0. The third-order valence-corrected chi connectivity index (χ3v) is 16.9. The Bertz CT molecular complexity index is 1300. The zero-order chi connectivity index (χ0) is 57.8. The maximum absolute atomic E-state index is 12.4. The minimum Gasteiger partial charge on any atom is -0.466 e. The van der Waals surface area contributed by atoms with Crippen LogP contribution in [0.4, 0.5) is 0 Å². The van der Waals surface area contributed by atoms with Crippen LogP contribution in [0.25, 0.3) is 0 Å². The Hall–Kier alpha value is -1.92. The maximum atomic E-state index is 12.4. The van der Waals surface area contributed by atoms with Gasteiger partial charge in [-0.05, 0) is 64.2 Å². The summed E-state index contributed by atoms with van der Waals surface area (Å²) in [4.78, 5) is 24.5. The molecule has 0 radical (unpaired) electrons. The van der Waals surface area contributed by atoms with Crippen LogP contribution >= 0.6 is 0 Å². The summed E-state index contributed by atoms with van der Waals surface area (Å²) in [5.41, 5.74) is 0. The molecule has 0 fully saturated rings. The highest BCUT2D eigenvalue weighted by molar-refractivity contribution is 5.76. The molecule has 80 heavy (non-hydrogen) atoms. The minimum absolute atomic E-state index is 0.0149. The van der Waals surface area contributed by atoms with Crippen LogP contribution in [0.5, 0.6) is 0 Å². The van der Waals surface area contributed by atoms with E-state index < -0.39 is 12.1 Å². The average Bonchev–Trinajstić information content (AvgIpc) is 3.46. The summed E-state index contributed by atoms with van der Waals surface area (Å²) in [6, 6.07) is -0.622. The second-order valence-electron chi connectivity index (χ2n) is 24.9. The van der Waals surface area contributed by atoms with E-state index in [9.17, 15) is 19.8 Å². The van der Waals surface area contributed by atoms with Gasteiger partial charge in [-0.2, -0.15) is 0 Å². The summed E-state index contributed by atoms with van der Waals surface area (Å²) in [5, 5.41) is 23.1. The van der Waals surface area contributed by atoms with Gasteiger partial charge in [0.05, 0.1) is 25.4 Å². The molecule has 0 aromatic heterocycles. The van der Waals surface area contributed by atoms with Crippen molar-refractivity contribution in [3.8, 4) is 0 Å². The van der Waals surface area contributed by atoms with E-state index in [0.29, 0.717) is 19.4 Å². The third kappa shape index (κ3) is 65.2. The van der Waals surface area contributed by atoms with Gasteiger partial charge in [0.15, 0.2) is 0 Å². The number of allylic oxidation sites excluding steroid dienone is 5. The van der Waals surface area contributed by atoms with Gasteiger partial charge in [0, 0.05) is 12.8 Å². The quantitative estimate of drug-likeness (QED) is 0.0320. The van der Waals surface area contributed by atoms with Crippen LogP contribution in [0.15, 0.2) is 36.5 Å². The molecule has 472 valence electrons. The van der Waals surface area contributed by atoms with Crippen molar-refractivity contribution < 1.29 is 24.5 Å². The Morgan fingerprint density at radius 2 is 0.625 bits per heavy atom. The van der Waals surface area contributed by atoms with Gasteiger partial charge in [-0.15, -0.1) is 0 Å². The van der Waals surface area contributed by atoms with Crippen LogP contribution in [0.1, 0.15) is 399 Å². The average molecular weight is 1120 g/mol. The Balaban J connectivity index is 3.29. The number of nitrogens with one attached hydrogen (secondary N) is 1. The van der Waals surface area contributed by atoms with Gasteiger partial charge in [0.1, 0.15) is 0 Å². The summed E-state index contributed by atoms with van der Waals surface area (Å²) in [6.07, 6.45) is 89.7. The number of hydrogen-bond acceptors (Lipinski definition) is 5.